The maximum Gasteiger partial charge on any atom is 0.311 e. The standard InChI is InChI=1S/C12H14ClNO4/c13-7-9-3-4-12(11(6-9)14(15)16)18-8-10-2-1-5-17-10/h3-4,6,10H,1-2,5,7-8H2. The molecule has 1 heterocycles. The van der Waals surface area contributed by atoms with Gasteiger partial charge in [0.25, 0.3) is 0 Å². The first-order chi connectivity index (χ1) is 8.70. The van der Waals surface area contributed by atoms with Gasteiger partial charge < -0.3 is 9.47 Å². The van der Waals surface area contributed by atoms with Gasteiger partial charge in [0, 0.05) is 18.6 Å². The van der Waals surface area contributed by atoms with Crippen LogP contribution in [0.5, 0.6) is 5.75 Å². The highest BCUT2D eigenvalue weighted by Crippen LogP contribution is 2.29. The zero-order valence-electron chi connectivity index (χ0n) is 9.80. The van der Waals surface area contributed by atoms with Crippen molar-refractivity contribution >= 4 is 17.3 Å². The van der Waals surface area contributed by atoms with E-state index in [1.54, 1.807) is 12.1 Å². The molecule has 1 fully saturated rings. The van der Waals surface area contributed by atoms with Gasteiger partial charge in [-0.15, -0.1) is 11.6 Å². The fourth-order valence-corrected chi connectivity index (χ4v) is 2.04. The molecule has 0 N–H and O–H groups in total. The largest absolute Gasteiger partial charge is 0.484 e. The first kappa shape index (κ1) is 13.1. The van der Waals surface area contributed by atoms with Crippen molar-refractivity contribution in [3.05, 3.63) is 33.9 Å². The Bertz CT molecular complexity index is 432. The van der Waals surface area contributed by atoms with E-state index in [9.17, 15) is 10.1 Å². The van der Waals surface area contributed by atoms with E-state index < -0.39 is 4.92 Å². The Morgan fingerprint density at radius 2 is 2.39 bits per heavy atom. The summed E-state index contributed by atoms with van der Waals surface area (Å²) in [6.45, 7) is 1.09. The summed E-state index contributed by atoms with van der Waals surface area (Å²) in [5, 5.41) is 10.9. The summed E-state index contributed by atoms with van der Waals surface area (Å²) in [5.41, 5.74) is 0.652. The molecule has 0 radical (unpaired) electrons. The lowest BCUT2D eigenvalue weighted by Gasteiger charge is -2.11. The highest BCUT2D eigenvalue weighted by molar-refractivity contribution is 6.17. The summed E-state index contributed by atoms with van der Waals surface area (Å²) in [4.78, 5) is 10.5. The quantitative estimate of drug-likeness (QED) is 0.469. The van der Waals surface area contributed by atoms with Gasteiger partial charge in [-0.1, -0.05) is 6.07 Å². The number of alkyl halides is 1. The number of ether oxygens (including phenoxy) is 2. The van der Waals surface area contributed by atoms with Gasteiger partial charge in [0.05, 0.1) is 11.0 Å². The molecule has 0 aromatic heterocycles. The first-order valence-corrected chi connectivity index (χ1v) is 6.32. The Morgan fingerprint density at radius 1 is 1.56 bits per heavy atom. The smallest absolute Gasteiger partial charge is 0.311 e. The molecule has 1 unspecified atom stereocenters. The van der Waals surface area contributed by atoms with E-state index >= 15 is 0 Å². The molecule has 1 aromatic rings. The lowest BCUT2D eigenvalue weighted by molar-refractivity contribution is -0.386. The Kier molecular flexibility index (Phi) is 4.38. The number of nitro groups is 1. The van der Waals surface area contributed by atoms with Gasteiger partial charge in [-0.3, -0.25) is 10.1 Å². The normalized spacial score (nSPS) is 18.8. The SMILES string of the molecule is O=[N+]([O-])c1cc(CCl)ccc1OCC1CCCO1. The van der Waals surface area contributed by atoms with Crippen LogP contribution in [0.25, 0.3) is 0 Å². The van der Waals surface area contributed by atoms with Crippen LogP contribution in [0.4, 0.5) is 5.69 Å². The van der Waals surface area contributed by atoms with Gasteiger partial charge in [-0.2, -0.15) is 0 Å². The lowest BCUT2D eigenvalue weighted by Crippen LogP contribution is -2.16. The summed E-state index contributed by atoms with van der Waals surface area (Å²) in [7, 11) is 0. The van der Waals surface area contributed by atoms with Crippen molar-refractivity contribution in [2.75, 3.05) is 13.2 Å². The third kappa shape index (κ3) is 3.11. The minimum absolute atomic E-state index is 0.0392. The second kappa shape index (κ2) is 6.02. The van der Waals surface area contributed by atoms with Crippen molar-refractivity contribution in [2.24, 2.45) is 0 Å². The third-order valence-electron chi connectivity index (χ3n) is 2.82. The average molecular weight is 272 g/mol. The molecular weight excluding hydrogens is 258 g/mol. The van der Waals surface area contributed by atoms with Crippen LogP contribution in [0, 0.1) is 10.1 Å². The Morgan fingerprint density at radius 3 is 3.00 bits per heavy atom. The Labute approximate surface area is 110 Å². The molecule has 18 heavy (non-hydrogen) atoms. The van der Waals surface area contributed by atoms with Crippen LogP contribution >= 0.6 is 11.6 Å². The van der Waals surface area contributed by atoms with Crippen LogP contribution in [-0.2, 0) is 10.6 Å². The number of hydrogen-bond donors (Lipinski definition) is 0. The monoisotopic (exact) mass is 271 g/mol. The topological polar surface area (TPSA) is 61.6 Å². The Balaban J connectivity index is 2.08. The Hall–Kier alpha value is -1.33. The molecule has 1 atom stereocenters. The van der Waals surface area contributed by atoms with Gasteiger partial charge in [0.1, 0.15) is 6.61 Å². The van der Waals surface area contributed by atoms with Crippen molar-refractivity contribution in [1.29, 1.82) is 0 Å². The van der Waals surface area contributed by atoms with Gasteiger partial charge in [-0.25, -0.2) is 0 Å². The first-order valence-electron chi connectivity index (χ1n) is 5.78. The number of benzene rings is 1. The van der Waals surface area contributed by atoms with Gasteiger partial charge in [-0.05, 0) is 24.5 Å². The molecule has 1 aliphatic rings. The van der Waals surface area contributed by atoms with Crippen molar-refractivity contribution in [1.82, 2.24) is 0 Å². The predicted octanol–water partition coefficient (Wildman–Crippen LogP) is 2.89. The second-order valence-electron chi connectivity index (χ2n) is 4.14. The summed E-state index contributed by atoms with van der Waals surface area (Å²) in [6, 6.07) is 4.76. The maximum atomic E-state index is 10.9. The summed E-state index contributed by atoms with van der Waals surface area (Å²) >= 11 is 5.65. The fourth-order valence-electron chi connectivity index (χ4n) is 1.87. The van der Waals surface area contributed by atoms with Gasteiger partial charge in [0.2, 0.25) is 0 Å². The fraction of sp³-hybridized carbons (Fsp3) is 0.500. The summed E-state index contributed by atoms with van der Waals surface area (Å²) in [6.07, 6.45) is 1.99. The molecule has 1 saturated heterocycles. The number of nitrogens with zero attached hydrogens (tertiary/aromatic N) is 1. The second-order valence-corrected chi connectivity index (χ2v) is 4.41. The molecule has 0 bridgehead atoms. The van der Waals surface area contributed by atoms with Crippen LogP contribution in [0.1, 0.15) is 18.4 Å². The minimum Gasteiger partial charge on any atom is -0.484 e. The van der Waals surface area contributed by atoms with Crippen molar-refractivity contribution in [3.8, 4) is 5.75 Å². The van der Waals surface area contributed by atoms with Crippen LogP contribution in [-0.4, -0.2) is 24.2 Å². The van der Waals surface area contributed by atoms with E-state index in [1.807, 2.05) is 0 Å². The van der Waals surface area contributed by atoms with Crippen LogP contribution in [0.2, 0.25) is 0 Å². The minimum atomic E-state index is -0.457. The molecule has 0 saturated carbocycles. The molecule has 1 aromatic carbocycles. The number of rotatable bonds is 5. The molecule has 0 aliphatic carbocycles. The van der Waals surface area contributed by atoms with Crippen LogP contribution in [0.3, 0.4) is 0 Å². The van der Waals surface area contributed by atoms with E-state index in [2.05, 4.69) is 0 Å². The van der Waals surface area contributed by atoms with Crippen molar-refractivity contribution in [2.45, 2.75) is 24.8 Å². The molecule has 0 amide bonds. The maximum absolute atomic E-state index is 10.9. The zero-order valence-corrected chi connectivity index (χ0v) is 10.6. The number of halogens is 1. The van der Waals surface area contributed by atoms with Gasteiger partial charge in [0.15, 0.2) is 5.75 Å². The van der Waals surface area contributed by atoms with E-state index in [0.29, 0.717) is 12.2 Å². The van der Waals surface area contributed by atoms with E-state index in [4.69, 9.17) is 21.1 Å². The third-order valence-corrected chi connectivity index (χ3v) is 3.13. The predicted molar refractivity (Wildman–Crippen MR) is 67.1 cm³/mol. The number of hydrogen-bond acceptors (Lipinski definition) is 4. The van der Waals surface area contributed by atoms with Crippen molar-refractivity contribution < 1.29 is 14.4 Å². The number of nitro benzene ring substituents is 1. The van der Waals surface area contributed by atoms with E-state index in [1.165, 1.54) is 6.07 Å². The van der Waals surface area contributed by atoms with Crippen molar-refractivity contribution in [3.63, 3.8) is 0 Å². The molecule has 5 nitrogen and oxygen atoms in total. The molecular formula is C12H14ClNO4. The molecule has 1 aliphatic heterocycles. The molecule has 6 heteroatoms. The highest BCUT2D eigenvalue weighted by atomic mass is 35.5. The van der Waals surface area contributed by atoms with Crippen LogP contribution in [0.15, 0.2) is 18.2 Å². The molecule has 2 rings (SSSR count). The highest BCUT2D eigenvalue weighted by Gasteiger charge is 2.20. The van der Waals surface area contributed by atoms with E-state index in [-0.39, 0.29) is 23.4 Å². The average Bonchev–Trinajstić information content (AvgIpc) is 2.89. The molecule has 98 valence electrons. The van der Waals surface area contributed by atoms with Crippen LogP contribution < -0.4 is 4.74 Å². The zero-order chi connectivity index (χ0) is 13.0. The summed E-state index contributed by atoms with van der Waals surface area (Å²) in [5.74, 6) is 0.511. The lowest BCUT2D eigenvalue weighted by atomic mass is 10.2. The van der Waals surface area contributed by atoms with Gasteiger partial charge >= 0.3 is 5.69 Å². The van der Waals surface area contributed by atoms with E-state index in [0.717, 1.165) is 19.4 Å². The summed E-state index contributed by atoms with van der Waals surface area (Å²) < 4.78 is 10.9. The molecule has 0 spiro atoms.